The fraction of sp³-hybridized carbons (Fsp3) is 0.207. The Morgan fingerprint density at radius 2 is 1.47 bits per heavy atom. The molecule has 7 aromatic carbocycles. The van der Waals surface area contributed by atoms with Crippen molar-refractivity contribution in [1.29, 1.82) is 0 Å². The monoisotopic (exact) mass is 1020 g/mol. The summed E-state index contributed by atoms with van der Waals surface area (Å²) < 4.78 is 65.2. The van der Waals surface area contributed by atoms with E-state index in [1.54, 1.807) is 12.1 Å². The van der Waals surface area contributed by atoms with E-state index < -0.39 is 18.6 Å². The first kappa shape index (κ1) is 38.3. The minimum Gasteiger partial charge on any atom is -0.500 e. The van der Waals surface area contributed by atoms with Gasteiger partial charge in [-0.15, -0.1) is 48.0 Å². The van der Waals surface area contributed by atoms with Gasteiger partial charge in [0.15, 0.2) is 0 Å². The number of furan rings is 1. The second-order valence-corrected chi connectivity index (χ2v) is 17.7. The van der Waals surface area contributed by atoms with Crippen LogP contribution in [0.5, 0.6) is 0 Å². The van der Waals surface area contributed by atoms with Crippen molar-refractivity contribution in [2.75, 3.05) is 0 Å². The first-order valence-electron chi connectivity index (χ1n) is 23.9. The zero-order chi connectivity index (χ0) is 48.3. The summed E-state index contributed by atoms with van der Waals surface area (Å²) in [5.41, 5.74) is 12.2. The van der Waals surface area contributed by atoms with Crippen LogP contribution in [0, 0.1) is 30.2 Å². The van der Waals surface area contributed by atoms with Gasteiger partial charge in [-0.3, -0.25) is 9.37 Å². The summed E-state index contributed by atoms with van der Waals surface area (Å²) in [7, 11) is 0. The molecule has 0 bridgehead atoms. The van der Waals surface area contributed by atoms with Gasteiger partial charge in [0.1, 0.15) is 17.1 Å². The Kier molecular flexibility index (Phi) is 10.8. The molecule has 0 saturated heterocycles. The largest absolute Gasteiger partial charge is 0.500 e. The third-order valence-electron chi connectivity index (χ3n) is 11.2. The topological polar surface area (TPSA) is 52.1 Å². The maximum absolute atomic E-state index is 12.7. The Labute approximate surface area is 396 Å². The van der Waals surface area contributed by atoms with Crippen molar-refractivity contribution in [1.82, 2.24) is 9.97 Å². The number of pyridine rings is 1. The Morgan fingerprint density at radius 1 is 0.719 bits per heavy atom. The standard InChI is InChI=1S/C46H42NO2.C12H9FN.Ir/c1-27(2)38-24-32(30-20-18-29(19-21-30)26-46(5,6)7)25-39(28(3)4)41(38)36-15-11-17-40-44(36)49-45(47-40)37-16-10-14-34-35-23-22-31-12-8-9-13-33(31)42(35)48-43(34)37;1-9-2-7-12(14-8-9)10-3-5-11(13)6-4-10;/h8-15,17-25,27-28H,26H2,1-7H3;2-3,5-8H,1H3;/q2*-1;/i26D2;1D3;. The van der Waals surface area contributed by atoms with Crippen LogP contribution in [0.3, 0.4) is 0 Å². The average molecular weight is 1020 g/mol. The van der Waals surface area contributed by atoms with Gasteiger partial charge in [-0.05, 0) is 92.1 Å². The van der Waals surface area contributed by atoms with Crippen LogP contribution in [0.2, 0.25) is 0 Å². The Morgan fingerprint density at radius 3 is 2.14 bits per heavy atom. The normalized spacial score (nSPS) is 13.3. The molecular formula is C58H51FIrN2O2-2. The molecule has 0 aliphatic rings. The molecule has 0 unspecified atom stereocenters. The molecule has 10 rings (SSSR count). The quantitative estimate of drug-likeness (QED) is 0.149. The van der Waals surface area contributed by atoms with E-state index in [0.29, 0.717) is 33.9 Å². The minimum atomic E-state index is -2.15. The van der Waals surface area contributed by atoms with E-state index in [-0.39, 0.29) is 43.3 Å². The molecule has 0 saturated carbocycles. The van der Waals surface area contributed by atoms with Crippen molar-refractivity contribution < 1.29 is 40.2 Å². The molecule has 0 N–H and O–H groups in total. The van der Waals surface area contributed by atoms with Crippen molar-refractivity contribution in [3.05, 3.63) is 180 Å². The first-order chi connectivity index (χ1) is 32.3. The number of halogens is 1. The molecule has 3 aromatic heterocycles. The molecule has 6 heteroatoms. The maximum Gasteiger partial charge on any atom is 0.149 e. The molecule has 0 aliphatic heterocycles. The summed E-state index contributed by atoms with van der Waals surface area (Å²) in [5.74, 6) is 0.581. The van der Waals surface area contributed by atoms with Crippen molar-refractivity contribution in [2.24, 2.45) is 5.41 Å². The number of rotatable bonds is 7. The number of oxazole rings is 1. The number of fused-ring (bicyclic) bond motifs is 6. The van der Waals surface area contributed by atoms with Gasteiger partial charge in [0.05, 0.1) is 11.1 Å². The van der Waals surface area contributed by atoms with Gasteiger partial charge in [0.25, 0.3) is 0 Å². The predicted octanol–water partition coefficient (Wildman–Crippen LogP) is 16.5. The summed E-state index contributed by atoms with van der Waals surface area (Å²) >= 11 is 0. The van der Waals surface area contributed by atoms with Gasteiger partial charge < -0.3 is 13.8 Å². The van der Waals surface area contributed by atoms with E-state index in [4.69, 9.17) is 20.7 Å². The Hall–Kier alpha value is -6.20. The molecule has 10 aromatic rings. The minimum absolute atomic E-state index is 0. The molecule has 0 fully saturated rings. The zero-order valence-corrected chi connectivity index (χ0v) is 39.3. The number of hydrogen-bond acceptors (Lipinski definition) is 4. The van der Waals surface area contributed by atoms with E-state index in [0.717, 1.165) is 54.9 Å². The van der Waals surface area contributed by atoms with Crippen LogP contribution in [-0.4, -0.2) is 9.97 Å². The van der Waals surface area contributed by atoms with Crippen LogP contribution in [0.25, 0.3) is 88.8 Å². The molecular weight excluding hydrogens is 968 g/mol. The second kappa shape index (κ2) is 18.1. The predicted molar refractivity (Wildman–Crippen MR) is 258 cm³/mol. The third-order valence-corrected chi connectivity index (χ3v) is 11.2. The summed E-state index contributed by atoms with van der Waals surface area (Å²) in [6, 6.07) is 48.6. The van der Waals surface area contributed by atoms with Crippen molar-refractivity contribution in [3.8, 4) is 45.0 Å². The van der Waals surface area contributed by atoms with Crippen molar-refractivity contribution in [2.45, 2.75) is 73.5 Å². The van der Waals surface area contributed by atoms with Crippen molar-refractivity contribution in [3.63, 3.8) is 0 Å². The zero-order valence-electron chi connectivity index (χ0n) is 41.9. The second-order valence-electron chi connectivity index (χ2n) is 17.7. The van der Waals surface area contributed by atoms with Gasteiger partial charge in [-0.1, -0.05) is 151 Å². The molecule has 323 valence electrons. The molecule has 1 radical (unpaired) electrons. The average Bonchev–Trinajstić information content (AvgIpc) is 3.94. The van der Waals surface area contributed by atoms with Crippen LogP contribution < -0.4 is 0 Å². The smallest absolute Gasteiger partial charge is 0.149 e. The Bertz CT molecular complexity index is 3430. The fourth-order valence-corrected chi connectivity index (χ4v) is 8.25. The molecule has 0 spiro atoms. The Balaban J connectivity index is 0.000000301. The van der Waals surface area contributed by atoms with E-state index in [1.165, 1.54) is 41.1 Å². The maximum atomic E-state index is 12.7. The van der Waals surface area contributed by atoms with Crippen LogP contribution >= 0.6 is 0 Å². The van der Waals surface area contributed by atoms with Crippen LogP contribution in [-0.2, 0) is 26.5 Å². The summed E-state index contributed by atoms with van der Waals surface area (Å²) in [6.45, 7) is 12.6. The molecule has 4 nitrogen and oxygen atoms in total. The van der Waals surface area contributed by atoms with Gasteiger partial charge in [0.2, 0.25) is 0 Å². The van der Waals surface area contributed by atoms with Gasteiger partial charge in [-0.25, -0.2) is 0 Å². The summed E-state index contributed by atoms with van der Waals surface area (Å²) in [6.07, 6.45) is -0.141. The first-order valence-corrected chi connectivity index (χ1v) is 21.4. The van der Waals surface area contributed by atoms with Gasteiger partial charge >= 0.3 is 0 Å². The SMILES string of the molecule is [2H]C([2H])([2H])c1ccc(-c2[c-]cc(F)cc2)nc1.[2H]C([2H])(c1ccc(-c2cc(C(C)C)c(-c3cccc4nc(-c5[c-]ccc6c5oc5c7ccccc7ccc65)oc34)c(C(C)C)c2)cc1)C(C)(C)C.[Ir]. The number of nitrogens with zero attached hydrogens (tertiary/aromatic N) is 2. The van der Waals surface area contributed by atoms with E-state index in [1.807, 2.05) is 63.2 Å². The summed E-state index contributed by atoms with van der Waals surface area (Å²) in [5, 5.41) is 4.27. The van der Waals surface area contributed by atoms with Gasteiger partial charge in [-0.2, -0.15) is 0 Å². The van der Waals surface area contributed by atoms with Crippen LogP contribution in [0.15, 0.2) is 148 Å². The fourth-order valence-electron chi connectivity index (χ4n) is 8.25. The van der Waals surface area contributed by atoms with E-state index in [2.05, 4.69) is 105 Å². The number of aromatic nitrogens is 2. The van der Waals surface area contributed by atoms with Gasteiger partial charge in [0, 0.05) is 55.3 Å². The summed E-state index contributed by atoms with van der Waals surface area (Å²) in [4.78, 5) is 9.05. The number of para-hydroxylation sites is 1. The van der Waals surface area contributed by atoms with Crippen LogP contribution in [0.1, 0.15) is 89.4 Å². The van der Waals surface area contributed by atoms with E-state index >= 15 is 0 Å². The molecule has 0 amide bonds. The van der Waals surface area contributed by atoms with E-state index in [9.17, 15) is 4.39 Å². The molecule has 64 heavy (non-hydrogen) atoms. The number of aryl methyl sites for hydroxylation is 1. The molecule has 0 atom stereocenters. The number of hydrogen-bond donors (Lipinski definition) is 0. The molecule has 0 aliphatic carbocycles. The third kappa shape index (κ3) is 8.95. The number of benzene rings is 7. The van der Waals surface area contributed by atoms with Crippen molar-refractivity contribution >= 4 is 43.8 Å². The molecule has 3 heterocycles. The van der Waals surface area contributed by atoms with Crippen LogP contribution in [0.4, 0.5) is 4.39 Å².